The number of hydrogen-bond donors (Lipinski definition) is 1. The second kappa shape index (κ2) is 7.61. The lowest BCUT2D eigenvalue weighted by atomic mass is 10.1. The molecule has 3 heterocycles. The number of para-hydroxylation sites is 1. The van der Waals surface area contributed by atoms with Crippen LogP contribution in [0, 0.1) is 0 Å². The van der Waals surface area contributed by atoms with Crippen LogP contribution < -0.4 is 0 Å². The molecule has 138 valence electrons. The zero-order chi connectivity index (χ0) is 18.6. The van der Waals surface area contributed by atoms with E-state index in [1.165, 1.54) is 10.9 Å². The van der Waals surface area contributed by atoms with Crippen molar-refractivity contribution in [2.45, 2.75) is 12.8 Å². The molecule has 0 saturated carbocycles. The number of aromatic nitrogens is 2. The molecule has 0 radical (unpaired) electrons. The highest BCUT2D eigenvalue weighted by molar-refractivity contribution is 5.94. The van der Waals surface area contributed by atoms with Gasteiger partial charge in [0, 0.05) is 62.1 Å². The van der Waals surface area contributed by atoms with Crippen molar-refractivity contribution in [2.24, 2.45) is 0 Å². The molecule has 1 aromatic carbocycles. The summed E-state index contributed by atoms with van der Waals surface area (Å²) in [5, 5.41) is 1.18. The first-order chi connectivity index (χ1) is 13.2. The number of hydrogen-bond acceptors (Lipinski definition) is 3. The van der Waals surface area contributed by atoms with Crippen LogP contribution in [0.15, 0.2) is 55.0 Å². The number of pyridine rings is 1. The van der Waals surface area contributed by atoms with Gasteiger partial charge in [-0.05, 0) is 30.2 Å². The number of fused-ring (bicyclic) bond motifs is 1. The summed E-state index contributed by atoms with van der Waals surface area (Å²) in [5.41, 5.74) is 2.86. The quantitative estimate of drug-likeness (QED) is 0.775. The van der Waals surface area contributed by atoms with Crippen molar-refractivity contribution in [3.8, 4) is 0 Å². The van der Waals surface area contributed by atoms with Crippen molar-refractivity contribution in [3.05, 3.63) is 66.1 Å². The first kappa shape index (κ1) is 17.3. The van der Waals surface area contributed by atoms with E-state index in [-0.39, 0.29) is 11.8 Å². The maximum absolute atomic E-state index is 12.6. The van der Waals surface area contributed by atoms with Gasteiger partial charge >= 0.3 is 0 Å². The lowest BCUT2D eigenvalue weighted by Gasteiger charge is -2.34. The molecule has 1 aliphatic heterocycles. The highest BCUT2D eigenvalue weighted by atomic mass is 16.2. The molecule has 2 amide bonds. The maximum Gasteiger partial charge on any atom is 0.255 e. The molecular formula is C21H22N4O2. The monoisotopic (exact) mass is 362 g/mol. The second-order valence-electron chi connectivity index (χ2n) is 6.77. The van der Waals surface area contributed by atoms with Crippen molar-refractivity contribution in [1.82, 2.24) is 19.8 Å². The van der Waals surface area contributed by atoms with Crippen LogP contribution in [0.25, 0.3) is 10.9 Å². The van der Waals surface area contributed by atoms with Crippen LogP contribution in [0.2, 0.25) is 0 Å². The van der Waals surface area contributed by atoms with Gasteiger partial charge in [-0.25, -0.2) is 0 Å². The number of carbonyl (C=O) groups is 2. The van der Waals surface area contributed by atoms with Gasteiger partial charge in [-0.15, -0.1) is 0 Å². The van der Waals surface area contributed by atoms with Crippen LogP contribution in [-0.4, -0.2) is 57.8 Å². The molecule has 3 aromatic rings. The smallest absolute Gasteiger partial charge is 0.255 e. The molecule has 4 rings (SSSR count). The van der Waals surface area contributed by atoms with E-state index in [1.807, 2.05) is 29.3 Å². The van der Waals surface area contributed by atoms with E-state index in [0.717, 1.165) is 11.9 Å². The van der Waals surface area contributed by atoms with Gasteiger partial charge < -0.3 is 14.8 Å². The van der Waals surface area contributed by atoms with Crippen molar-refractivity contribution < 1.29 is 9.59 Å². The van der Waals surface area contributed by atoms with Crippen molar-refractivity contribution in [2.75, 3.05) is 26.2 Å². The van der Waals surface area contributed by atoms with E-state index in [4.69, 9.17) is 0 Å². The van der Waals surface area contributed by atoms with Crippen LogP contribution in [0.1, 0.15) is 22.3 Å². The van der Waals surface area contributed by atoms with Crippen LogP contribution in [0.3, 0.4) is 0 Å². The fraction of sp³-hybridized carbons (Fsp3) is 0.286. The van der Waals surface area contributed by atoms with Gasteiger partial charge in [-0.2, -0.15) is 0 Å². The molecule has 0 atom stereocenters. The Labute approximate surface area is 157 Å². The molecule has 6 heteroatoms. The summed E-state index contributed by atoms with van der Waals surface area (Å²) >= 11 is 0. The van der Waals surface area contributed by atoms with Gasteiger partial charge in [-0.1, -0.05) is 18.2 Å². The number of carbonyl (C=O) groups excluding carboxylic acids is 2. The van der Waals surface area contributed by atoms with Crippen LogP contribution in [0.5, 0.6) is 0 Å². The highest BCUT2D eigenvalue weighted by Crippen LogP contribution is 2.19. The average Bonchev–Trinajstić information content (AvgIpc) is 3.15. The number of benzene rings is 1. The third kappa shape index (κ3) is 3.69. The Morgan fingerprint density at radius 3 is 2.56 bits per heavy atom. The third-order valence-corrected chi connectivity index (χ3v) is 5.11. The Hall–Kier alpha value is -3.15. The van der Waals surface area contributed by atoms with E-state index in [9.17, 15) is 9.59 Å². The Balaban J connectivity index is 1.30. The minimum Gasteiger partial charge on any atom is -0.361 e. The zero-order valence-corrected chi connectivity index (χ0v) is 15.1. The number of amides is 2. The predicted molar refractivity (Wildman–Crippen MR) is 103 cm³/mol. The fourth-order valence-electron chi connectivity index (χ4n) is 3.57. The number of nitrogens with one attached hydrogen (secondary N) is 1. The van der Waals surface area contributed by atoms with Gasteiger partial charge in [0.05, 0.1) is 5.56 Å². The van der Waals surface area contributed by atoms with Crippen LogP contribution >= 0.6 is 0 Å². The lowest BCUT2D eigenvalue weighted by Crippen LogP contribution is -2.50. The zero-order valence-electron chi connectivity index (χ0n) is 15.1. The van der Waals surface area contributed by atoms with E-state index < -0.39 is 0 Å². The summed E-state index contributed by atoms with van der Waals surface area (Å²) in [6.07, 6.45) is 6.43. The van der Waals surface area contributed by atoms with E-state index in [1.54, 1.807) is 29.4 Å². The number of aromatic amines is 1. The molecule has 27 heavy (non-hydrogen) atoms. The standard InChI is InChI=1S/C21H22N4O2/c26-20(8-7-16-15-23-19-6-2-1-5-18(16)19)24-10-12-25(13-11-24)21(27)17-4-3-9-22-14-17/h1-6,9,14-15,23H,7-8,10-13H2. The first-order valence-corrected chi connectivity index (χ1v) is 9.24. The SMILES string of the molecule is O=C(CCc1c[nH]c2ccccc12)N1CCN(C(=O)c2cccnc2)CC1. The molecule has 0 bridgehead atoms. The van der Waals surface area contributed by atoms with Gasteiger partial charge in [0.25, 0.3) is 5.91 Å². The molecule has 6 nitrogen and oxygen atoms in total. The summed E-state index contributed by atoms with van der Waals surface area (Å²) in [6.45, 7) is 2.29. The molecule has 0 aliphatic carbocycles. The summed E-state index contributed by atoms with van der Waals surface area (Å²) in [6, 6.07) is 11.7. The van der Waals surface area contributed by atoms with Crippen molar-refractivity contribution in [1.29, 1.82) is 0 Å². The van der Waals surface area contributed by atoms with Gasteiger partial charge in [0.2, 0.25) is 5.91 Å². The minimum atomic E-state index is -0.0195. The summed E-state index contributed by atoms with van der Waals surface area (Å²) in [7, 11) is 0. The van der Waals surface area contributed by atoms with Gasteiger partial charge in [-0.3, -0.25) is 14.6 Å². The Morgan fingerprint density at radius 2 is 1.78 bits per heavy atom. The lowest BCUT2D eigenvalue weighted by molar-refractivity contribution is -0.132. The molecule has 0 spiro atoms. The number of piperazine rings is 1. The van der Waals surface area contributed by atoms with Gasteiger partial charge in [0.1, 0.15) is 0 Å². The molecule has 0 unspecified atom stereocenters. The second-order valence-corrected chi connectivity index (χ2v) is 6.77. The highest BCUT2D eigenvalue weighted by Gasteiger charge is 2.24. The van der Waals surface area contributed by atoms with Crippen molar-refractivity contribution >= 4 is 22.7 Å². The summed E-state index contributed by atoms with van der Waals surface area (Å²) in [5.74, 6) is 0.128. The topological polar surface area (TPSA) is 69.3 Å². The Kier molecular flexibility index (Phi) is 4.87. The summed E-state index contributed by atoms with van der Waals surface area (Å²) in [4.78, 5) is 35.9. The van der Waals surface area contributed by atoms with E-state index in [0.29, 0.717) is 38.2 Å². The van der Waals surface area contributed by atoms with E-state index >= 15 is 0 Å². The fourth-order valence-corrected chi connectivity index (χ4v) is 3.57. The first-order valence-electron chi connectivity index (χ1n) is 9.24. The number of rotatable bonds is 4. The van der Waals surface area contributed by atoms with Crippen LogP contribution in [-0.2, 0) is 11.2 Å². The summed E-state index contributed by atoms with van der Waals surface area (Å²) < 4.78 is 0. The molecule has 1 saturated heterocycles. The third-order valence-electron chi connectivity index (χ3n) is 5.11. The Morgan fingerprint density at radius 1 is 1.00 bits per heavy atom. The number of nitrogens with zero attached hydrogens (tertiary/aromatic N) is 3. The molecule has 1 aliphatic rings. The normalized spacial score (nSPS) is 14.5. The average molecular weight is 362 g/mol. The van der Waals surface area contributed by atoms with Crippen molar-refractivity contribution in [3.63, 3.8) is 0 Å². The Bertz CT molecular complexity index is 943. The maximum atomic E-state index is 12.6. The van der Waals surface area contributed by atoms with E-state index in [2.05, 4.69) is 16.0 Å². The number of aryl methyl sites for hydroxylation is 1. The molecular weight excluding hydrogens is 340 g/mol. The molecule has 1 fully saturated rings. The minimum absolute atomic E-state index is 0.0195. The van der Waals surface area contributed by atoms with Crippen LogP contribution in [0.4, 0.5) is 0 Å². The number of H-pyrrole nitrogens is 1. The molecule has 1 N–H and O–H groups in total. The predicted octanol–water partition coefficient (Wildman–Crippen LogP) is 2.48. The largest absolute Gasteiger partial charge is 0.361 e. The molecule has 2 aromatic heterocycles. The van der Waals surface area contributed by atoms with Gasteiger partial charge in [0.15, 0.2) is 0 Å².